The number of primary amides is 1. The largest absolute Gasteiger partial charge is 0.365 e. The van der Waals surface area contributed by atoms with E-state index in [9.17, 15) is 24.5 Å². The van der Waals surface area contributed by atoms with Crippen LogP contribution < -0.4 is 27.4 Å². The molecule has 0 spiro atoms. The molecule has 0 aliphatic heterocycles. The van der Waals surface area contributed by atoms with Crippen molar-refractivity contribution in [3.05, 3.63) is 117 Å². The van der Waals surface area contributed by atoms with Gasteiger partial charge in [0.1, 0.15) is 11.1 Å². The highest BCUT2D eigenvalue weighted by Crippen LogP contribution is 2.25. The highest BCUT2D eigenvalue weighted by Gasteiger charge is 2.29. The van der Waals surface area contributed by atoms with Crippen LogP contribution in [0.25, 0.3) is 0 Å². The van der Waals surface area contributed by atoms with Gasteiger partial charge in [-0.25, -0.2) is 14.9 Å². The number of nitrogens with zero attached hydrogens (tertiary/aromatic N) is 3. The van der Waals surface area contributed by atoms with Crippen LogP contribution in [0.5, 0.6) is 0 Å². The summed E-state index contributed by atoms with van der Waals surface area (Å²) in [6, 6.07) is 24.5. The zero-order valence-corrected chi connectivity index (χ0v) is 23.8. The van der Waals surface area contributed by atoms with E-state index in [1.54, 1.807) is 7.05 Å². The molecular weight excluding hydrogens is 552 g/mol. The molecule has 226 valence electrons. The van der Waals surface area contributed by atoms with E-state index in [1.165, 1.54) is 4.90 Å². The van der Waals surface area contributed by atoms with E-state index in [2.05, 4.69) is 21.1 Å². The highest BCUT2D eigenvalue weighted by molar-refractivity contribution is 5.92. The smallest absolute Gasteiger partial charge is 0.312 e. The maximum atomic E-state index is 13.8. The van der Waals surface area contributed by atoms with Gasteiger partial charge in [-0.05, 0) is 35.1 Å². The van der Waals surface area contributed by atoms with Gasteiger partial charge in [-0.1, -0.05) is 84.9 Å². The fourth-order valence-corrected chi connectivity index (χ4v) is 4.51. The Kier molecular flexibility index (Phi) is 12.0. The Labute approximate surface area is 249 Å². The number of hydrazone groups is 1. The molecule has 7 N–H and O–H groups in total. The molecule has 4 amide bonds. The van der Waals surface area contributed by atoms with Crippen molar-refractivity contribution in [1.82, 2.24) is 20.9 Å². The van der Waals surface area contributed by atoms with Crippen molar-refractivity contribution in [1.29, 1.82) is 0 Å². The zero-order valence-electron chi connectivity index (χ0n) is 23.8. The minimum absolute atomic E-state index is 0.203. The van der Waals surface area contributed by atoms with Crippen LogP contribution in [0.2, 0.25) is 0 Å². The topological polar surface area (TPSA) is 198 Å². The first kappa shape index (κ1) is 32.1. The molecule has 0 saturated carbocycles. The van der Waals surface area contributed by atoms with Crippen molar-refractivity contribution < 1.29 is 19.4 Å². The Hall–Kier alpha value is -5.46. The maximum absolute atomic E-state index is 13.8. The Morgan fingerprint density at radius 1 is 0.884 bits per heavy atom. The van der Waals surface area contributed by atoms with Crippen molar-refractivity contribution in [2.75, 3.05) is 13.6 Å². The summed E-state index contributed by atoms with van der Waals surface area (Å²) >= 11 is 0. The first-order valence-electron chi connectivity index (χ1n) is 13.6. The molecule has 0 saturated heterocycles. The van der Waals surface area contributed by atoms with Crippen LogP contribution in [0, 0.1) is 10.1 Å². The second-order valence-electron chi connectivity index (χ2n) is 9.84. The van der Waals surface area contributed by atoms with Crippen LogP contribution >= 0.6 is 0 Å². The molecule has 0 aliphatic rings. The first-order valence-corrected chi connectivity index (χ1v) is 13.6. The fraction of sp³-hybridized carbons (Fsp3) is 0.267. The molecule has 3 rings (SSSR count). The van der Waals surface area contributed by atoms with E-state index in [-0.39, 0.29) is 43.8 Å². The molecule has 0 radical (unpaired) electrons. The van der Waals surface area contributed by atoms with Gasteiger partial charge in [0.15, 0.2) is 5.03 Å². The number of rotatable bonds is 14. The lowest BCUT2D eigenvalue weighted by molar-refractivity contribution is -0.485. The van der Waals surface area contributed by atoms with Crippen LogP contribution in [0.3, 0.4) is 0 Å². The summed E-state index contributed by atoms with van der Waals surface area (Å²) in [5.41, 5.74) is 13.9. The monoisotopic (exact) mass is 588 g/mol. The van der Waals surface area contributed by atoms with E-state index in [0.717, 1.165) is 22.3 Å². The zero-order chi connectivity index (χ0) is 31.2. The standard InChI is InChI=1S/C30H36N8O5/c1-37(20-22-16-14-21(15-17-22)19-34-30(32)41)28(40)25(13-8-18-33-29(31)36-38(42)43)35-27(39)26(23-9-4-2-5-10-23)24-11-6-3-7-12-24/h2-7,9-12,14-17,25-26H,8,13,18-20H2,1H3,(H,35,39)(H3,31,33,36)(H3,32,34,41)/t25-/m1/s1. The third-order valence-electron chi connectivity index (χ3n) is 6.59. The van der Waals surface area contributed by atoms with Gasteiger partial charge >= 0.3 is 6.03 Å². The lowest BCUT2D eigenvalue weighted by Crippen LogP contribution is -2.49. The Morgan fingerprint density at radius 2 is 1.44 bits per heavy atom. The molecule has 43 heavy (non-hydrogen) atoms. The predicted octanol–water partition coefficient (Wildman–Crippen LogP) is 2.01. The van der Waals surface area contributed by atoms with Crippen molar-refractivity contribution in [2.45, 2.75) is 37.9 Å². The SMILES string of the molecule is CN(Cc1ccc(CNC(N)=O)cc1)C(=O)[C@@H](CCCN/C(N)=N\[N+](=O)[O-])NC(=O)C(c1ccccc1)c1ccccc1. The van der Waals surface area contributed by atoms with Crippen LogP contribution in [-0.2, 0) is 22.7 Å². The van der Waals surface area contributed by atoms with Gasteiger partial charge in [-0.3, -0.25) is 9.59 Å². The van der Waals surface area contributed by atoms with E-state index in [4.69, 9.17) is 11.5 Å². The highest BCUT2D eigenvalue weighted by atomic mass is 16.7. The summed E-state index contributed by atoms with van der Waals surface area (Å²) in [5, 5.41) is 20.8. The maximum Gasteiger partial charge on any atom is 0.312 e. The quantitative estimate of drug-likeness (QED) is 0.0623. The third-order valence-corrected chi connectivity index (χ3v) is 6.59. The lowest BCUT2D eigenvalue weighted by atomic mass is 9.90. The van der Waals surface area contributed by atoms with Crippen LogP contribution in [-0.4, -0.2) is 53.4 Å². The molecule has 0 fully saturated rings. The number of urea groups is 1. The minimum atomic E-state index is -0.905. The molecular formula is C30H36N8O5. The van der Waals surface area contributed by atoms with E-state index < -0.39 is 23.0 Å². The summed E-state index contributed by atoms with van der Waals surface area (Å²) < 4.78 is 0. The van der Waals surface area contributed by atoms with Crippen LogP contribution in [0.4, 0.5) is 4.79 Å². The second kappa shape index (κ2) is 16.1. The number of nitrogens with two attached hydrogens (primary N) is 2. The molecule has 3 aromatic carbocycles. The number of nitrogens with one attached hydrogen (secondary N) is 3. The molecule has 13 heteroatoms. The number of carbonyl (C=O) groups is 3. The van der Waals surface area contributed by atoms with Gasteiger partial charge in [-0.2, -0.15) is 0 Å². The van der Waals surface area contributed by atoms with Crippen LogP contribution in [0.1, 0.15) is 41.0 Å². The number of carbonyl (C=O) groups excluding carboxylic acids is 3. The number of likely N-dealkylation sites (N-methyl/N-ethyl adjacent to an activating group) is 1. The molecule has 3 aromatic rings. The van der Waals surface area contributed by atoms with Gasteiger partial charge in [-0.15, -0.1) is 0 Å². The van der Waals surface area contributed by atoms with Crippen molar-refractivity contribution in [3.63, 3.8) is 0 Å². The fourth-order valence-electron chi connectivity index (χ4n) is 4.51. The molecule has 0 aliphatic carbocycles. The van der Waals surface area contributed by atoms with Crippen LogP contribution in [0.15, 0.2) is 90.0 Å². The number of nitro groups is 1. The van der Waals surface area contributed by atoms with E-state index >= 15 is 0 Å². The summed E-state index contributed by atoms with van der Waals surface area (Å²) in [6.45, 7) is 0.762. The second-order valence-corrected chi connectivity index (χ2v) is 9.84. The Bertz CT molecular complexity index is 1360. The van der Waals surface area contributed by atoms with E-state index in [1.807, 2.05) is 84.9 Å². The van der Waals surface area contributed by atoms with Gasteiger partial charge in [0.25, 0.3) is 5.96 Å². The first-order chi connectivity index (χ1) is 20.6. The number of guanidine groups is 1. The molecule has 0 heterocycles. The van der Waals surface area contributed by atoms with Gasteiger partial charge in [0, 0.05) is 26.7 Å². The summed E-state index contributed by atoms with van der Waals surface area (Å²) in [6.07, 6.45) is 0.600. The van der Waals surface area contributed by atoms with Crippen molar-refractivity contribution >= 4 is 23.8 Å². The van der Waals surface area contributed by atoms with Crippen molar-refractivity contribution in [3.8, 4) is 0 Å². The molecule has 0 aromatic heterocycles. The Morgan fingerprint density at radius 3 is 1.98 bits per heavy atom. The molecule has 0 unspecified atom stereocenters. The number of benzene rings is 3. The van der Waals surface area contributed by atoms with E-state index in [0.29, 0.717) is 6.42 Å². The average molecular weight is 589 g/mol. The number of amides is 4. The number of hydrogen-bond acceptors (Lipinski definition) is 5. The predicted molar refractivity (Wildman–Crippen MR) is 162 cm³/mol. The molecule has 0 bridgehead atoms. The Balaban J connectivity index is 1.77. The summed E-state index contributed by atoms with van der Waals surface area (Å²) in [4.78, 5) is 50.5. The average Bonchev–Trinajstić information content (AvgIpc) is 2.98. The lowest BCUT2D eigenvalue weighted by Gasteiger charge is -2.27. The van der Waals surface area contributed by atoms with Gasteiger partial charge in [0.2, 0.25) is 11.8 Å². The summed E-state index contributed by atoms with van der Waals surface area (Å²) in [7, 11) is 1.65. The van der Waals surface area contributed by atoms with Gasteiger partial charge < -0.3 is 32.3 Å². The normalized spacial score (nSPS) is 11.8. The molecule has 1 atom stereocenters. The minimum Gasteiger partial charge on any atom is -0.365 e. The number of hydrogen-bond donors (Lipinski definition) is 5. The van der Waals surface area contributed by atoms with Crippen molar-refractivity contribution in [2.24, 2.45) is 16.6 Å². The van der Waals surface area contributed by atoms with Gasteiger partial charge in [0.05, 0.1) is 5.92 Å². The third kappa shape index (κ3) is 10.5. The summed E-state index contributed by atoms with van der Waals surface area (Å²) in [5.74, 6) is -1.64. The molecule has 13 nitrogen and oxygen atoms in total.